The van der Waals surface area contributed by atoms with Crippen molar-refractivity contribution in [1.82, 2.24) is 0 Å². The fourth-order valence-electron chi connectivity index (χ4n) is 1.44. The van der Waals surface area contributed by atoms with Crippen molar-refractivity contribution in [2.45, 2.75) is 19.6 Å². The first-order chi connectivity index (χ1) is 7.05. The Balaban J connectivity index is 2.35. The molecule has 0 bridgehead atoms. The first kappa shape index (κ1) is 9.90. The van der Waals surface area contributed by atoms with E-state index < -0.39 is 5.79 Å². The lowest BCUT2D eigenvalue weighted by atomic mass is 10.2. The molecular formula is C12H15NO2. The monoisotopic (exact) mass is 205 g/mol. The van der Waals surface area contributed by atoms with Crippen molar-refractivity contribution in [1.29, 1.82) is 0 Å². The maximum Gasteiger partial charge on any atom is 0.270 e. The minimum absolute atomic E-state index is 0.727. The summed E-state index contributed by atoms with van der Waals surface area (Å²) in [6, 6.07) is 5.77. The molecule has 1 aliphatic rings. The molecule has 0 amide bonds. The number of anilines is 1. The van der Waals surface area contributed by atoms with Gasteiger partial charge in [-0.25, -0.2) is 0 Å². The second kappa shape index (κ2) is 3.19. The van der Waals surface area contributed by atoms with Crippen LogP contribution in [0, 0.1) is 0 Å². The molecule has 0 radical (unpaired) electrons. The highest BCUT2D eigenvalue weighted by Gasteiger charge is 2.37. The third kappa shape index (κ3) is 1.54. The first-order valence-electron chi connectivity index (χ1n) is 4.91. The zero-order chi connectivity index (χ0) is 11.1. The Hall–Kier alpha value is -1.64. The van der Waals surface area contributed by atoms with Gasteiger partial charge < -0.3 is 14.8 Å². The van der Waals surface area contributed by atoms with Gasteiger partial charge in [0.2, 0.25) is 0 Å². The predicted octanol–water partition coefficient (Wildman–Crippen LogP) is 2.79. The van der Waals surface area contributed by atoms with Crippen molar-refractivity contribution in [3.05, 3.63) is 30.4 Å². The third-order valence-electron chi connectivity index (χ3n) is 2.62. The molecule has 0 spiro atoms. The van der Waals surface area contributed by atoms with Gasteiger partial charge in [-0.15, -0.1) is 0 Å². The van der Waals surface area contributed by atoms with Gasteiger partial charge in [0.1, 0.15) is 0 Å². The van der Waals surface area contributed by atoms with E-state index >= 15 is 0 Å². The van der Waals surface area contributed by atoms with Crippen LogP contribution in [0.3, 0.4) is 0 Å². The molecule has 1 unspecified atom stereocenters. The Morgan fingerprint density at radius 1 is 1.33 bits per heavy atom. The van der Waals surface area contributed by atoms with Crippen LogP contribution in [-0.4, -0.2) is 12.8 Å². The molecule has 1 heterocycles. The van der Waals surface area contributed by atoms with Crippen molar-refractivity contribution in [3.8, 4) is 11.5 Å². The van der Waals surface area contributed by atoms with E-state index in [9.17, 15) is 0 Å². The summed E-state index contributed by atoms with van der Waals surface area (Å²) in [5.41, 5.74) is 1.85. The van der Waals surface area contributed by atoms with Crippen molar-refractivity contribution < 1.29 is 9.47 Å². The molecule has 3 heteroatoms. The van der Waals surface area contributed by atoms with Gasteiger partial charge in [0.25, 0.3) is 5.79 Å². The van der Waals surface area contributed by atoms with Crippen LogP contribution >= 0.6 is 0 Å². The average Bonchev–Trinajstić information content (AvgIpc) is 2.54. The molecule has 1 aromatic rings. The smallest absolute Gasteiger partial charge is 0.270 e. The van der Waals surface area contributed by atoms with Gasteiger partial charge >= 0.3 is 0 Å². The van der Waals surface area contributed by atoms with Gasteiger partial charge in [-0.2, -0.15) is 0 Å². The molecule has 0 aromatic heterocycles. The van der Waals surface area contributed by atoms with Crippen LogP contribution in [0.2, 0.25) is 0 Å². The van der Waals surface area contributed by atoms with E-state index in [4.69, 9.17) is 9.47 Å². The van der Waals surface area contributed by atoms with E-state index in [1.807, 2.05) is 39.1 Å². The van der Waals surface area contributed by atoms with Crippen LogP contribution in [0.15, 0.2) is 30.4 Å². The fourth-order valence-corrected chi connectivity index (χ4v) is 1.44. The summed E-state index contributed by atoms with van der Waals surface area (Å²) < 4.78 is 11.4. The summed E-state index contributed by atoms with van der Waals surface area (Å²) in [4.78, 5) is 0. The summed E-state index contributed by atoms with van der Waals surface area (Å²) in [6.07, 6.45) is 0. The van der Waals surface area contributed by atoms with E-state index in [0.29, 0.717) is 0 Å². The van der Waals surface area contributed by atoms with Gasteiger partial charge in [-0.3, -0.25) is 0 Å². The maximum atomic E-state index is 5.74. The lowest BCUT2D eigenvalue weighted by molar-refractivity contribution is -0.0251. The molecule has 1 aromatic carbocycles. The van der Waals surface area contributed by atoms with Crippen LogP contribution in [-0.2, 0) is 0 Å². The number of hydrogen-bond acceptors (Lipinski definition) is 3. The van der Waals surface area contributed by atoms with Crippen molar-refractivity contribution in [2.24, 2.45) is 0 Å². The van der Waals surface area contributed by atoms with Crippen molar-refractivity contribution in [2.75, 3.05) is 12.4 Å². The molecule has 2 rings (SSSR count). The number of hydrogen-bond donors (Lipinski definition) is 1. The summed E-state index contributed by atoms with van der Waals surface area (Å²) in [5, 5.41) is 3.06. The molecule has 0 saturated carbocycles. The highest BCUT2D eigenvalue weighted by Crippen LogP contribution is 2.42. The zero-order valence-corrected chi connectivity index (χ0v) is 9.26. The van der Waals surface area contributed by atoms with Crippen molar-refractivity contribution >= 4 is 5.69 Å². The average molecular weight is 205 g/mol. The molecule has 1 aliphatic heterocycles. The maximum absolute atomic E-state index is 5.74. The van der Waals surface area contributed by atoms with Gasteiger partial charge in [-0.1, -0.05) is 6.58 Å². The number of nitrogens with one attached hydrogen (secondary N) is 1. The van der Waals surface area contributed by atoms with Crippen molar-refractivity contribution in [3.63, 3.8) is 0 Å². The highest BCUT2D eigenvalue weighted by atomic mass is 16.7. The Kier molecular flexibility index (Phi) is 2.11. The molecule has 15 heavy (non-hydrogen) atoms. The summed E-state index contributed by atoms with van der Waals surface area (Å²) >= 11 is 0. The van der Waals surface area contributed by atoms with Crippen LogP contribution in [0.4, 0.5) is 5.69 Å². The molecule has 1 atom stereocenters. The number of fused-ring (bicyclic) bond motifs is 1. The number of ether oxygens (including phenoxy) is 2. The van der Waals surface area contributed by atoms with Gasteiger partial charge in [0, 0.05) is 31.3 Å². The minimum Gasteiger partial charge on any atom is -0.445 e. The van der Waals surface area contributed by atoms with Crippen LogP contribution in [0.1, 0.15) is 13.8 Å². The standard InChI is InChI=1S/C12H15NO2/c1-8(2)12(3)14-10-6-5-9(13-4)7-11(10)15-12/h5-7,13H,1H2,2-4H3. The molecular weight excluding hydrogens is 190 g/mol. The minimum atomic E-state index is -0.727. The van der Waals surface area contributed by atoms with Crippen LogP contribution in [0.5, 0.6) is 11.5 Å². The van der Waals surface area contributed by atoms with E-state index in [1.165, 1.54) is 0 Å². The molecule has 1 N–H and O–H groups in total. The van der Waals surface area contributed by atoms with E-state index in [-0.39, 0.29) is 0 Å². The van der Waals surface area contributed by atoms with E-state index in [1.54, 1.807) is 0 Å². The summed E-state index contributed by atoms with van der Waals surface area (Å²) in [6.45, 7) is 7.63. The Morgan fingerprint density at radius 2 is 2.00 bits per heavy atom. The second-order valence-electron chi connectivity index (χ2n) is 3.84. The Bertz CT molecular complexity index is 414. The Labute approximate surface area is 89.7 Å². The molecule has 3 nitrogen and oxygen atoms in total. The second-order valence-corrected chi connectivity index (χ2v) is 3.84. The lowest BCUT2D eigenvalue weighted by Crippen LogP contribution is -2.35. The Morgan fingerprint density at radius 3 is 2.60 bits per heavy atom. The predicted molar refractivity (Wildman–Crippen MR) is 60.5 cm³/mol. The topological polar surface area (TPSA) is 30.5 Å². The van der Waals surface area contributed by atoms with E-state index in [2.05, 4.69) is 11.9 Å². The van der Waals surface area contributed by atoms with E-state index in [0.717, 1.165) is 22.8 Å². The van der Waals surface area contributed by atoms with Gasteiger partial charge in [-0.05, 0) is 19.1 Å². The zero-order valence-electron chi connectivity index (χ0n) is 9.26. The fraction of sp³-hybridized carbons (Fsp3) is 0.333. The molecule has 0 aliphatic carbocycles. The lowest BCUT2D eigenvalue weighted by Gasteiger charge is -2.22. The highest BCUT2D eigenvalue weighted by molar-refractivity contribution is 5.56. The number of rotatable bonds is 2. The summed E-state index contributed by atoms with van der Waals surface area (Å²) in [5.74, 6) is 0.793. The van der Waals surface area contributed by atoms with Crippen LogP contribution in [0.25, 0.3) is 0 Å². The summed E-state index contributed by atoms with van der Waals surface area (Å²) in [7, 11) is 1.87. The largest absolute Gasteiger partial charge is 0.445 e. The quantitative estimate of drug-likeness (QED) is 0.753. The SMILES string of the molecule is C=C(C)C1(C)Oc2ccc(NC)cc2O1. The third-order valence-corrected chi connectivity index (χ3v) is 2.62. The molecule has 80 valence electrons. The van der Waals surface area contributed by atoms with Gasteiger partial charge in [0.05, 0.1) is 0 Å². The number of benzene rings is 1. The normalized spacial score (nSPS) is 22.6. The molecule has 0 fully saturated rings. The van der Waals surface area contributed by atoms with Gasteiger partial charge in [0.15, 0.2) is 11.5 Å². The first-order valence-corrected chi connectivity index (χ1v) is 4.91. The van der Waals surface area contributed by atoms with Crippen LogP contribution < -0.4 is 14.8 Å². The molecule has 0 saturated heterocycles.